The van der Waals surface area contributed by atoms with Crippen LogP contribution < -0.4 is 11.1 Å². The third-order valence-corrected chi connectivity index (χ3v) is 4.47. The second kappa shape index (κ2) is 9.04. The fraction of sp³-hybridized carbons (Fsp3) is 0.632. The molecule has 0 saturated carbocycles. The van der Waals surface area contributed by atoms with Gasteiger partial charge in [0.25, 0.3) is 0 Å². The molecular weight excluding hydrogens is 286 g/mol. The lowest BCUT2D eigenvalue weighted by atomic mass is 10.0. The maximum absolute atomic E-state index is 12.8. The molecule has 1 saturated heterocycles. The molecule has 2 atom stereocenters. The Balaban J connectivity index is 1.96. The van der Waals surface area contributed by atoms with Crippen LogP contribution in [0.25, 0.3) is 0 Å². The van der Waals surface area contributed by atoms with Crippen molar-refractivity contribution in [1.82, 2.24) is 10.2 Å². The standard InChI is InChI=1S/C19H31N3O/c1-15(2)13-18(20)19(23)22(14-17-9-6-11-21-17)12-10-16-7-4-3-5-8-16/h3-5,7-8,15,17-18,21H,6,9-14,20H2,1-2H3/t17-,18+/m0/s1. The van der Waals surface area contributed by atoms with Gasteiger partial charge < -0.3 is 16.0 Å². The summed E-state index contributed by atoms with van der Waals surface area (Å²) < 4.78 is 0. The summed E-state index contributed by atoms with van der Waals surface area (Å²) in [5, 5.41) is 3.49. The minimum absolute atomic E-state index is 0.100. The van der Waals surface area contributed by atoms with Gasteiger partial charge in [0.2, 0.25) is 5.91 Å². The van der Waals surface area contributed by atoms with E-state index in [-0.39, 0.29) is 11.9 Å². The van der Waals surface area contributed by atoms with Gasteiger partial charge >= 0.3 is 0 Å². The minimum atomic E-state index is -0.382. The molecule has 3 N–H and O–H groups in total. The summed E-state index contributed by atoms with van der Waals surface area (Å²) in [6.07, 6.45) is 3.98. The molecule has 0 spiro atoms. The number of hydrogen-bond donors (Lipinski definition) is 2. The number of nitrogens with two attached hydrogens (primary N) is 1. The first kappa shape index (κ1) is 18.0. The van der Waals surface area contributed by atoms with Crippen molar-refractivity contribution in [2.45, 2.75) is 51.6 Å². The van der Waals surface area contributed by atoms with Crippen LogP contribution in [0.2, 0.25) is 0 Å². The summed E-state index contributed by atoms with van der Waals surface area (Å²) in [4.78, 5) is 14.7. The zero-order chi connectivity index (χ0) is 16.7. The molecule has 1 fully saturated rings. The zero-order valence-corrected chi connectivity index (χ0v) is 14.5. The molecule has 1 amide bonds. The summed E-state index contributed by atoms with van der Waals surface area (Å²) in [7, 11) is 0. The van der Waals surface area contributed by atoms with Gasteiger partial charge in [-0.25, -0.2) is 0 Å². The van der Waals surface area contributed by atoms with E-state index in [0.29, 0.717) is 12.0 Å². The molecule has 1 aromatic rings. The molecule has 0 bridgehead atoms. The van der Waals surface area contributed by atoms with Gasteiger partial charge in [-0.1, -0.05) is 44.2 Å². The van der Waals surface area contributed by atoms with Gasteiger partial charge in [-0.3, -0.25) is 4.79 Å². The minimum Gasteiger partial charge on any atom is -0.339 e. The average molecular weight is 317 g/mol. The number of rotatable bonds is 8. The van der Waals surface area contributed by atoms with Crippen LogP contribution in [0.5, 0.6) is 0 Å². The van der Waals surface area contributed by atoms with E-state index >= 15 is 0 Å². The van der Waals surface area contributed by atoms with Crippen molar-refractivity contribution in [3.8, 4) is 0 Å². The SMILES string of the molecule is CC(C)C[C@@H](N)C(=O)N(CCc1ccccc1)C[C@@H]1CCCN1. The van der Waals surface area contributed by atoms with Crippen LogP contribution in [-0.2, 0) is 11.2 Å². The molecule has 1 aliphatic rings. The lowest BCUT2D eigenvalue weighted by Crippen LogP contribution is -2.49. The second-order valence-electron chi connectivity index (χ2n) is 7.05. The van der Waals surface area contributed by atoms with Crippen LogP contribution in [0.1, 0.15) is 38.7 Å². The third kappa shape index (κ3) is 5.96. The normalized spacial score (nSPS) is 19.0. The number of carbonyl (C=O) groups is 1. The van der Waals surface area contributed by atoms with E-state index in [2.05, 4.69) is 31.3 Å². The Bertz CT molecular complexity index is 469. The Morgan fingerprint density at radius 3 is 2.70 bits per heavy atom. The summed E-state index contributed by atoms with van der Waals surface area (Å²) in [6, 6.07) is 10.4. The molecule has 4 nitrogen and oxygen atoms in total. The van der Waals surface area contributed by atoms with Crippen molar-refractivity contribution in [2.24, 2.45) is 11.7 Å². The van der Waals surface area contributed by atoms with E-state index in [0.717, 1.165) is 38.9 Å². The van der Waals surface area contributed by atoms with Crippen LogP contribution in [0.15, 0.2) is 30.3 Å². The monoisotopic (exact) mass is 317 g/mol. The summed E-state index contributed by atoms with van der Waals surface area (Å²) in [5.41, 5.74) is 7.42. The first-order chi connectivity index (χ1) is 11.1. The van der Waals surface area contributed by atoms with Crippen molar-refractivity contribution >= 4 is 5.91 Å². The Labute approximate surface area is 140 Å². The highest BCUT2D eigenvalue weighted by molar-refractivity contribution is 5.81. The molecule has 0 unspecified atom stereocenters. The lowest BCUT2D eigenvalue weighted by Gasteiger charge is -2.29. The maximum Gasteiger partial charge on any atom is 0.239 e. The predicted molar refractivity (Wildman–Crippen MR) is 95.2 cm³/mol. The fourth-order valence-corrected chi connectivity index (χ4v) is 3.22. The van der Waals surface area contributed by atoms with Gasteiger partial charge in [-0.15, -0.1) is 0 Å². The highest BCUT2D eigenvalue weighted by atomic mass is 16.2. The van der Waals surface area contributed by atoms with E-state index in [1.807, 2.05) is 23.1 Å². The lowest BCUT2D eigenvalue weighted by molar-refractivity contribution is -0.133. The quantitative estimate of drug-likeness (QED) is 0.773. The number of nitrogens with one attached hydrogen (secondary N) is 1. The molecule has 128 valence electrons. The van der Waals surface area contributed by atoms with Crippen LogP contribution >= 0.6 is 0 Å². The molecule has 1 aliphatic heterocycles. The maximum atomic E-state index is 12.8. The molecule has 0 aromatic heterocycles. The van der Waals surface area contributed by atoms with Gasteiger partial charge in [0, 0.05) is 19.1 Å². The van der Waals surface area contributed by atoms with E-state index in [4.69, 9.17) is 5.73 Å². The summed E-state index contributed by atoms with van der Waals surface area (Å²) >= 11 is 0. The molecule has 1 aromatic carbocycles. The van der Waals surface area contributed by atoms with Crippen molar-refractivity contribution < 1.29 is 4.79 Å². The van der Waals surface area contributed by atoms with Crippen molar-refractivity contribution in [2.75, 3.05) is 19.6 Å². The average Bonchev–Trinajstić information content (AvgIpc) is 3.04. The number of carbonyl (C=O) groups excluding carboxylic acids is 1. The van der Waals surface area contributed by atoms with E-state index in [1.54, 1.807) is 0 Å². The predicted octanol–water partition coefficient (Wildman–Crippen LogP) is 2.18. The van der Waals surface area contributed by atoms with Gasteiger partial charge in [-0.05, 0) is 43.7 Å². The number of hydrogen-bond acceptors (Lipinski definition) is 3. The van der Waals surface area contributed by atoms with E-state index < -0.39 is 0 Å². The first-order valence-electron chi connectivity index (χ1n) is 8.88. The van der Waals surface area contributed by atoms with Crippen LogP contribution in [0, 0.1) is 5.92 Å². The molecule has 1 heterocycles. The largest absolute Gasteiger partial charge is 0.339 e. The second-order valence-corrected chi connectivity index (χ2v) is 7.05. The Kier molecular flexibility index (Phi) is 7.06. The van der Waals surface area contributed by atoms with Gasteiger partial charge in [0.1, 0.15) is 0 Å². The molecule has 4 heteroatoms. The number of benzene rings is 1. The molecular formula is C19H31N3O. The van der Waals surface area contributed by atoms with Crippen LogP contribution in [-0.4, -0.2) is 42.5 Å². The number of nitrogens with zero attached hydrogens (tertiary/aromatic N) is 1. The molecule has 0 radical (unpaired) electrons. The Hall–Kier alpha value is -1.39. The Morgan fingerprint density at radius 1 is 1.35 bits per heavy atom. The van der Waals surface area contributed by atoms with Crippen LogP contribution in [0.4, 0.5) is 0 Å². The van der Waals surface area contributed by atoms with Gasteiger partial charge in [0.15, 0.2) is 0 Å². The van der Waals surface area contributed by atoms with E-state index in [9.17, 15) is 4.79 Å². The number of amides is 1. The molecule has 2 rings (SSSR count). The zero-order valence-electron chi connectivity index (χ0n) is 14.5. The van der Waals surface area contributed by atoms with Crippen molar-refractivity contribution in [1.29, 1.82) is 0 Å². The Morgan fingerprint density at radius 2 is 2.09 bits per heavy atom. The van der Waals surface area contributed by atoms with Gasteiger partial charge in [0.05, 0.1) is 6.04 Å². The van der Waals surface area contributed by atoms with Gasteiger partial charge in [-0.2, -0.15) is 0 Å². The molecule has 23 heavy (non-hydrogen) atoms. The first-order valence-corrected chi connectivity index (χ1v) is 8.88. The summed E-state index contributed by atoms with van der Waals surface area (Å²) in [6.45, 7) is 6.80. The van der Waals surface area contributed by atoms with Crippen molar-refractivity contribution in [3.63, 3.8) is 0 Å². The molecule has 0 aliphatic carbocycles. The topological polar surface area (TPSA) is 58.4 Å². The smallest absolute Gasteiger partial charge is 0.239 e. The van der Waals surface area contributed by atoms with Crippen molar-refractivity contribution in [3.05, 3.63) is 35.9 Å². The summed E-state index contributed by atoms with van der Waals surface area (Å²) in [5.74, 6) is 0.540. The van der Waals surface area contributed by atoms with E-state index in [1.165, 1.54) is 12.0 Å². The highest BCUT2D eigenvalue weighted by Gasteiger charge is 2.25. The van der Waals surface area contributed by atoms with Crippen LogP contribution in [0.3, 0.4) is 0 Å². The third-order valence-electron chi connectivity index (χ3n) is 4.47. The highest BCUT2D eigenvalue weighted by Crippen LogP contribution is 2.12. The fourth-order valence-electron chi connectivity index (χ4n) is 3.22.